The van der Waals surface area contributed by atoms with Crippen LogP contribution in [0.1, 0.15) is 23.8 Å². The first-order chi connectivity index (χ1) is 16.0. The molecule has 6 rings (SSSR count). The molecule has 2 aromatic carbocycles. The van der Waals surface area contributed by atoms with E-state index in [4.69, 9.17) is 16.0 Å². The van der Waals surface area contributed by atoms with Crippen LogP contribution in [0.4, 0.5) is 5.69 Å². The Bertz CT molecular complexity index is 1500. The van der Waals surface area contributed by atoms with Crippen molar-refractivity contribution in [1.29, 1.82) is 0 Å². The average Bonchev–Trinajstić information content (AvgIpc) is 2.80. The molecule has 0 aliphatic carbocycles. The van der Waals surface area contributed by atoms with Crippen molar-refractivity contribution in [3.05, 3.63) is 97.7 Å². The van der Waals surface area contributed by atoms with Gasteiger partial charge in [0, 0.05) is 54.1 Å². The van der Waals surface area contributed by atoms with Gasteiger partial charge >= 0.3 is 0 Å². The summed E-state index contributed by atoms with van der Waals surface area (Å²) in [6.45, 7) is 4.32. The number of hydrogen-bond acceptors (Lipinski definition) is 4. The lowest BCUT2D eigenvalue weighted by Crippen LogP contribution is -2.47. The second-order valence-electron chi connectivity index (χ2n) is 9.15. The molecule has 2 aliphatic rings. The van der Waals surface area contributed by atoms with Crippen LogP contribution in [0.5, 0.6) is 0 Å². The maximum Gasteiger partial charge on any atom is 0.250 e. The van der Waals surface area contributed by atoms with Gasteiger partial charge in [-0.15, -0.1) is 0 Å². The number of rotatable bonds is 2. The first kappa shape index (κ1) is 20.3. The van der Waals surface area contributed by atoms with Crippen LogP contribution in [0.2, 0.25) is 5.02 Å². The van der Waals surface area contributed by atoms with Gasteiger partial charge in [0.1, 0.15) is 11.3 Å². The van der Waals surface area contributed by atoms with Gasteiger partial charge in [-0.05, 0) is 55.2 Å². The maximum atomic E-state index is 13.3. The van der Waals surface area contributed by atoms with E-state index in [0.29, 0.717) is 39.2 Å². The molecule has 4 heterocycles. The van der Waals surface area contributed by atoms with E-state index >= 15 is 0 Å². The van der Waals surface area contributed by atoms with Crippen molar-refractivity contribution >= 4 is 28.3 Å². The van der Waals surface area contributed by atoms with Gasteiger partial charge in [0.15, 0.2) is 0 Å². The zero-order valence-corrected chi connectivity index (χ0v) is 19.0. The van der Waals surface area contributed by atoms with Gasteiger partial charge in [0.05, 0.1) is 10.9 Å². The first-order valence-electron chi connectivity index (χ1n) is 11.3. The number of fused-ring (bicyclic) bond motifs is 5. The van der Waals surface area contributed by atoms with Gasteiger partial charge in [0.25, 0.3) is 5.56 Å². The molecule has 0 unspecified atom stereocenters. The number of aryl methyl sites for hydroxylation is 1. The topological polar surface area (TPSA) is 55.5 Å². The Hall–Kier alpha value is -3.31. The number of nitrogens with zero attached hydrogens (tertiary/aromatic N) is 2. The quantitative estimate of drug-likeness (QED) is 0.414. The van der Waals surface area contributed by atoms with Gasteiger partial charge in [0.2, 0.25) is 5.43 Å². The molecule has 2 atom stereocenters. The molecule has 1 saturated heterocycles. The predicted molar refractivity (Wildman–Crippen MR) is 131 cm³/mol. The molecule has 0 N–H and O–H groups in total. The van der Waals surface area contributed by atoms with Gasteiger partial charge in [-0.2, -0.15) is 0 Å². The highest BCUT2D eigenvalue weighted by atomic mass is 35.5. The van der Waals surface area contributed by atoms with Crippen LogP contribution in [0.3, 0.4) is 0 Å². The smallest absolute Gasteiger partial charge is 0.250 e. The second-order valence-corrected chi connectivity index (χ2v) is 9.59. The van der Waals surface area contributed by atoms with E-state index < -0.39 is 0 Å². The molecule has 0 radical (unpaired) electrons. The van der Waals surface area contributed by atoms with Crippen molar-refractivity contribution < 1.29 is 4.42 Å². The molecular formula is C27H23ClN2O3. The number of anilines is 1. The lowest BCUT2D eigenvalue weighted by atomic mass is 9.83. The van der Waals surface area contributed by atoms with Crippen molar-refractivity contribution in [2.75, 3.05) is 18.0 Å². The summed E-state index contributed by atoms with van der Waals surface area (Å²) in [6.07, 6.45) is 1.10. The summed E-state index contributed by atoms with van der Waals surface area (Å²) in [4.78, 5) is 28.0. The van der Waals surface area contributed by atoms with Crippen molar-refractivity contribution in [3.8, 4) is 11.1 Å². The predicted octanol–water partition coefficient (Wildman–Crippen LogP) is 5.21. The van der Waals surface area contributed by atoms with Gasteiger partial charge in [-0.1, -0.05) is 29.8 Å². The fourth-order valence-electron chi connectivity index (χ4n) is 5.55. The number of pyridine rings is 1. The van der Waals surface area contributed by atoms with E-state index in [1.165, 1.54) is 0 Å². The van der Waals surface area contributed by atoms with Gasteiger partial charge in [-0.25, -0.2) is 0 Å². The fraction of sp³-hybridized carbons (Fsp3) is 0.259. The Labute approximate surface area is 195 Å². The molecular weight excluding hydrogens is 436 g/mol. The average molecular weight is 459 g/mol. The summed E-state index contributed by atoms with van der Waals surface area (Å²) in [5.41, 5.74) is 4.20. The Morgan fingerprint density at radius 1 is 0.970 bits per heavy atom. The van der Waals surface area contributed by atoms with Crippen LogP contribution in [-0.2, 0) is 6.54 Å². The van der Waals surface area contributed by atoms with Crippen LogP contribution >= 0.6 is 11.6 Å². The largest absolute Gasteiger partial charge is 0.460 e. The van der Waals surface area contributed by atoms with Crippen LogP contribution in [0.15, 0.2) is 74.7 Å². The zero-order valence-electron chi connectivity index (χ0n) is 18.3. The first-order valence-corrected chi connectivity index (χ1v) is 11.6. The lowest BCUT2D eigenvalue weighted by Gasteiger charge is -2.43. The van der Waals surface area contributed by atoms with E-state index in [1.54, 1.807) is 18.2 Å². The summed E-state index contributed by atoms with van der Waals surface area (Å²) in [5.74, 6) is 1.34. The molecule has 0 amide bonds. The summed E-state index contributed by atoms with van der Waals surface area (Å²) in [7, 11) is 0. The van der Waals surface area contributed by atoms with Crippen molar-refractivity contribution in [3.63, 3.8) is 0 Å². The maximum absolute atomic E-state index is 13.3. The highest BCUT2D eigenvalue weighted by Gasteiger charge is 2.34. The molecule has 33 heavy (non-hydrogen) atoms. The Kier molecular flexibility index (Phi) is 4.70. The Balaban J connectivity index is 1.38. The van der Waals surface area contributed by atoms with Crippen molar-refractivity contribution in [2.45, 2.75) is 25.8 Å². The lowest BCUT2D eigenvalue weighted by molar-refractivity contribution is 0.281. The van der Waals surface area contributed by atoms with Crippen LogP contribution in [-0.4, -0.2) is 17.7 Å². The number of aromatic nitrogens is 1. The molecule has 2 bridgehead atoms. The molecule has 2 aliphatic heterocycles. The molecule has 5 nitrogen and oxygen atoms in total. The second kappa shape index (κ2) is 7.63. The molecule has 1 fully saturated rings. The summed E-state index contributed by atoms with van der Waals surface area (Å²) in [6, 6.07) is 18.7. The van der Waals surface area contributed by atoms with Crippen molar-refractivity contribution in [1.82, 2.24) is 4.57 Å². The van der Waals surface area contributed by atoms with Gasteiger partial charge in [-0.3, -0.25) is 9.59 Å². The van der Waals surface area contributed by atoms with E-state index in [9.17, 15) is 9.59 Å². The van der Waals surface area contributed by atoms with Gasteiger partial charge < -0.3 is 13.9 Å². The monoisotopic (exact) mass is 458 g/mol. The van der Waals surface area contributed by atoms with Crippen molar-refractivity contribution in [2.24, 2.45) is 5.92 Å². The number of benzene rings is 2. The third kappa shape index (κ3) is 3.39. The summed E-state index contributed by atoms with van der Waals surface area (Å²) < 4.78 is 8.09. The Morgan fingerprint density at radius 3 is 2.61 bits per heavy atom. The Morgan fingerprint density at radius 2 is 1.79 bits per heavy atom. The third-order valence-corrected chi connectivity index (χ3v) is 7.28. The molecule has 6 heteroatoms. The van der Waals surface area contributed by atoms with E-state index in [0.717, 1.165) is 43.0 Å². The minimum Gasteiger partial charge on any atom is -0.460 e. The molecule has 2 aromatic heterocycles. The molecule has 166 valence electrons. The van der Waals surface area contributed by atoms with E-state index in [-0.39, 0.29) is 11.0 Å². The number of halogens is 1. The van der Waals surface area contributed by atoms with Crippen LogP contribution in [0.25, 0.3) is 22.1 Å². The molecule has 4 aromatic rings. The van der Waals surface area contributed by atoms with E-state index in [1.807, 2.05) is 47.9 Å². The zero-order chi connectivity index (χ0) is 22.7. The molecule has 0 spiro atoms. The summed E-state index contributed by atoms with van der Waals surface area (Å²) >= 11 is 6.01. The highest BCUT2D eigenvalue weighted by Crippen LogP contribution is 2.37. The van der Waals surface area contributed by atoms with E-state index in [2.05, 4.69) is 11.0 Å². The van der Waals surface area contributed by atoms with Crippen LogP contribution in [0, 0.1) is 12.8 Å². The normalized spacial score (nSPS) is 19.5. The third-order valence-electron chi connectivity index (χ3n) is 7.03. The number of hydrogen-bond donors (Lipinski definition) is 0. The number of piperidine rings is 1. The summed E-state index contributed by atoms with van der Waals surface area (Å²) in [5, 5.41) is 1.20. The van der Waals surface area contributed by atoms with Crippen LogP contribution < -0.4 is 15.9 Å². The SMILES string of the molecule is Cc1oc2cc(N3C[C@@H]4C[C@H](C3)c3cccc(=O)n3C4)ccc2c(=O)c1-c1ccc(Cl)cc1. The minimum atomic E-state index is -0.0357. The fourth-order valence-corrected chi connectivity index (χ4v) is 5.67. The standard InChI is InChI=1S/C27H23ClN2O3/c1-16-26(18-5-7-20(28)8-6-18)27(32)22-10-9-21(12-24(22)33-16)29-13-17-11-19(15-29)23-3-2-4-25(31)30(23)14-17/h2-10,12,17,19H,11,13-15H2,1H3/t17-,19+/m0/s1. The highest BCUT2D eigenvalue weighted by molar-refractivity contribution is 6.30. The minimum absolute atomic E-state index is 0.0357. The molecule has 0 saturated carbocycles.